The van der Waals surface area contributed by atoms with E-state index in [0.717, 1.165) is 5.56 Å². The number of halogens is 1. The van der Waals surface area contributed by atoms with Crippen molar-refractivity contribution >= 4 is 0 Å². The van der Waals surface area contributed by atoms with Crippen molar-refractivity contribution in [3.63, 3.8) is 0 Å². The molecule has 0 heterocycles. The molecule has 0 atom stereocenters. The van der Waals surface area contributed by atoms with Crippen LogP contribution in [0.3, 0.4) is 0 Å². The predicted molar refractivity (Wildman–Crippen MR) is 79.5 cm³/mol. The van der Waals surface area contributed by atoms with Gasteiger partial charge in [0.05, 0.1) is 12.7 Å². The highest BCUT2D eigenvalue weighted by Crippen LogP contribution is 2.18. The standard InChI is InChI=1S/C17H17FN2O/c1-21-17-7-6-13(10-15(17)11-19)12-20-9-8-14-4-2-3-5-16(14)18/h2-7,10,20H,8-9,12H2,1H3. The van der Waals surface area contributed by atoms with E-state index >= 15 is 0 Å². The zero-order chi connectivity index (χ0) is 15.1. The van der Waals surface area contributed by atoms with Crippen LogP contribution in [0.1, 0.15) is 16.7 Å². The minimum Gasteiger partial charge on any atom is -0.495 e. The van der Waals surface area contributed by atoms with Gasteiger partial charge in [0, 0.05) is 6.54 Å². The molecule has 0 unspecified atom stereocenters. The molecule has 0 aliphatic heterocycles. The van der Waals surface area contributed by atoms with E-state index in [2.05, 4.69) is 11.4 Å². The Labute approximate surface area is 124 Å². The number of nitrogens with zero attached hydrogens (tertiary/aromatic N) is 1. The summed E-state index contributed by atoms with van der Waals surface area (Å²) >= 11 is 0. The highest BCUT2D eigenvalue weighted by Gasteiger charge is 2.04. The van der Waals surface area contributed by atoms with Gasteiger partial charge in [-0.25, -0.2) is 4.39 Å². The van der Waals surface area contributed by atoms with Gasteiger partial charge in [-0.15, -0.1) is 0 Å². The number of nitrogens with one attached hydrogen (secondary N) is 1. The molecule has 0 saturated heterocycles. The fourth-order valence-electron chi connectivity index (χ4n) is 2.11. The minimum atomic E-state index is -0.171. The summed E-state index contributed by atoms with van der Waals surface area (Å²) in [5, 5.41) is 12.3. The van der Waals surface area contributed by atoms with E-state index in [4.69, 9.17) is 10.00 Å². The van der Waals surface area contributed by atoms with Gasteiger partial charge in [0.15, 0.2) is 0 Å². The molecule has 0 bridgehead atoms. The van der Waals surface area contributed by atoms with Gasteiger partial charge in [-0.1, -0.05) is 24.3 Å². The van der Waals surface area contributed by atoms with Gasteiger partial charge < -0.3 is 10.1 Å². The van der Waals surface area contributed by atoms with E-state index in [-0.39, 0.29) is 5.82 Å². The summed E-state index contributed by atoms with van der Waals surface area (Å²) in [6.07, 6.45) is 0.633. The third-order valence-electron chi connectivity index (χ3n) is 3.24. The third-order valence-corrected chi connectivity index (χ3v) is 3.24. The average Bonchev–Trinajstić information content (AvgIpc) is 2.52. The van der Waals surface area contributed by atoms with Crippen molar-refractivity contribution in [3.8, 4) is 11.8 Å². The van der Waals surface area contributed by atoms with Crippen molar-refractivity contribution in [2.45, 2.75) is 13.0 Å². The molecule has 0 aliphatic rings. The zero-order valence-corrected chi connectivity index (χ0v) is 11.9. The summed E-state index contributed by atoms with van der Waals surface area (Å²) < 4.78 is 18.5. The first-order chi connectivity index (χ1) is 10.2. The molecule has 0 fully saturated rings. The van der Waals surface area contributed by atoms with Crippen LogP contribution in [0.5, 0.6) is 5.75 Å². The molecule has 2 aromatic carbocycles. The molecule has 0 radical (unpaired) electrons. The number of benzene rings is 2. The second-order valence-corrected chi connectivity index (χ2v) is 4.66. The summed E-state index contributed by atoms with van der Waals surface area (Å²) in [4.78, 5) is 0. The molecule has 2 rings (SSSR count). The summed E-state index contributed by atoms with van der Waals surface area (Å²) in [5.41, 5.74) is 2.23. The van der Waals surface area contributed by atoms with Crippen LogP contribution >= 0.6 is 0 Å². The first-order valence-corrected chi connectivity index (χ1v) is 6.75. The molecular formula is C17H17FN2O. The van der Waals surface area contributed by atoms with E-state index in [1.807, 2.05) is 12.1 Å². The lowest BCUT2D eigenvalue weighted by molar-refractivity contribution is 0.413. The van der Waals surface area contributed by atoms with Crippen molar-refractivity contribution in [2.75, 3.05) is 13.7 Å². The van der Waals surface area contributed by atoms with E-state index in [0.29, 0.717) is 36.4 Å². The molecule has 21 heavy (non-hydrogen) atoms. The predicted octanol–water partition coefficient (Wildman–Crippen LogP) is 3.04. The van der Waals surface area contributed by atoms with Crippen LogP contribution < -0.4 is 10.1 Å². The van der Waals surface area contributed by atoms with Crippen LogP contribution in [0.15, 0.2) is 42.5 Å². The van der Waals surface area contributed by atoms with Crippen molar-refractivity contribution in [2.24, 2.45) is 0 Å². The zero-order valence-electron chi connectivity index (χ0n) is 11.9. The highest BCUT2D eigenvalue weighted by atomic mass is 19.1. The molecule has 0 saturated carbocycles. The number of hydrogen-bond acceptors (Lipinski definition) is 3. The first kappa shape index (κ1) is 15.0. The summed E-state index contributed by atoms with van der Waals surface area (Å²) in [6, 6.07) is 14.4. The molecule has 3 nitrogen and oxygen atoms in total. The Morgan fingerprint density at radius 2 is 2.05 bits per heavy atom. The summed E-state index contributed by atoms with van der Waals surface area (Å²) in [5.74, 6) is 0.406. The highest BCUT2D eigenvalue weighted by molar-refractivity contribution is 5.45. The van der Waals surface area contributed by atoms with E-state index in [9.17, 15) is 4.39 Å². The monoisotopic (exact) mass is 284 g/mol. The number of hydrogen-bond donors (Lipinski definition) is 1. The summed E-state index contributed by atoms with van der Waals surface area (Å²) in [7, 11) is 1.54. The molecule has 2 aromatic rings. The van der Waals surface area contributed by atoms with E-state index in [1.54, 1.807) is 31.4 Å². The lowest BCUT2D eigenvalue weighted by Gasteiger charge is -2.08. The molecule has 0 amide bonds. The number of ether oxygens (including phenoxy) is 1. The second-order valence-electron chi connectivity index (χ2n) is 4.66. The first-order valence-electron chi connectivity index (χ1n) is 6.75. The van der Waals surface area contributed by atoms with Gasteiger partial charge in [0.1, 0.15) is 17.6 Å². The smallest absolute Gasteiger partial charge is 0.136 e. The molecular weight excluding hydrogens is 267 g/mol. The molecule has 0 spiro atoms. The Morgan fingerprint density at radius 1 is 1.24 bits per heavy atom. The van der Waals surface area contributed by atoms with Crippen molar-refractivity contribution in [1.82, 2.24) is 5.32 Å². The maximum atomic E-state index is 13.4. The van der Waals surface area contributed by atoms with Gasteiger partial charge in [0.25, 0.3) is 0 Å². The Kier molecular flexibility index (Phi) is 5.30. The largest absolute Gasteiger partial charge is 0.495 e. The van der Waals surface area contributed by atoms with Gasteiger partial charge in [0.2, 0.25) is 0 Å². The van der Waals surface area contributed by atoms with E-state index in [1.165, 1.54) is 6.07 Å². The van der Waals surface area contributed by atoms with Gasteiger partial charge in [-0.2, -0.15) is 5.26 Å². The molecule has 1 N–H and O–H groups in total. The summed E-state index contributed by atoms with van der Waals surface area (Å²) in [6.45, 7) is 1.31. The maximum absolute atomic E-state index is 13.4. The van der Waals surface area contributed by atoms with Crippen LogP contribution in [0.4, 0.5) is 4.39 Å². The maximum Gasteiger partial charge on any atom is 0.136 e. The lowest BCUT2D eigenvalue weighted by Crippen LogP contribution is -2.17. The normalized spacial score (nSPS) is 10.1. The van der Waals surface area contributed by atoms with Crippen LogP contribution in [0.2, 0.25) is 0 Å². The Bertz CT molecular complexity index is 649. The molecule has 4 heteroatoms. The Morgan fingerprint density at radius 3 is 2.76 bits per heavy atom. The number of rotatable bonds is 6. The number of methoxy groups -OCH3 is 1. The Hall–Kier alpha value is -2.38. The fourth-order valence-corrected chi connectivity index (χ4v) is 2.11. The lowest BCUT2D eigenvalue weighted by atomic mass is 10.1. The molecule has 0 aromatic heterocycles. The fraction of sp³-hybridized carbons (Fsp3) is 0.235. The minimum absolute atomic E-state index is 0.171. The van der Waals surface area contributed by atoms with Crippen LogP contribution in [-0.2, 0) is 13.0 Å². The molecule has 108 valence electrons. The van der Waals surface area contributed by atoms with Crippen LogP contribution in [-0.4, -0.2) is 13.7 Å². The van der Waals surface area contributed by atoms with Gasteiger partial charge >= 0.3 is 0 Å². The quantitative estimate of drug-likeness (QED) is 0.829. The average molecular weight is 284 g/mol. The Balaban J connectivity index is 1.87. The molecule has 0 aliphatic carbocycles. The van der Waals surface area contributed by atoms with E-state index < -0.39 is 0 Å². The van der Waals surface area contributed by atoms with Crippen molar-refractivity contribution in [3.05, 3.63) is 65.0 Å². The van der Waals surface area contributed by atoms with Crippen LogP contribution in [0.25, 0.3) is 0 Å². The number of nitriles is 1. The van der Waals surface area contributed by atoms with Crippen molar-refractivity contribution in [1.29, 1.82) is 5.26 Å². The van der Waals surface area contributed by atoms with Gasteiger partial charge in [-0.3, -0.25) is 0 Å². The van der Waals surface area contributed by atoms with Gasteiger partial charge in [-0.05, 0) is 42.3 Å². The second kappa shape index (κ2) is 7.41. The van der Waals surface area contributed by atoms with Crippen molar-refractivity contribution < 1.29 is 9.13 Å². The van der Waals surface area contributed by atoms with Crippen LogP contribution in [0, 0.1) is 17.1 Å². The topological polar surface area (TPSA) is 45.0 Å². The third kappa shape index (κ3) is 4.04. The SMILES string of the molecule is COc1ccc(CNCCc2ccccc2F)cc1C#N.